The van der Waals surface area contributed by atoms with Crippen molar-refractivity contribution in [3.8, 4) is 10.6 Å². The highest BCUT2D eigenvalue weighted by molar-refractivity contribution is 7.13. The Morgan fingerprint density at radius 2 is 2.11 bits per heavy atom. The van der Waals surface area contributed by atoms with Crippen molar-refractivity contribution in [1.29, 1.82) is 0 Å². The zero-order valence-corrected chi connectivity index (χ0v) is 16.8. The molecule has 0 saturated heterocycles. The van der Waals surface area contributed by atoms with Gasteiger partial charge in [0.2, 0.25) is 0 Å². The van der Waals surface area contributed by atoms with Gasteiger partial charge in [-0.05, 0) is 38.3 Å². The number of esters is 1. The number of nitrogens with zero attached hydrogens (tertiary/aromatic N) is 4. The number of carbonyl (C=O) groups excluding carboxylic acids is 2. The van der Waals surface area contributed by atoms with Crippen molar-refractivity contribution in [3.63, 3.8) is 0 Å². The summed E-state index contributed by atoms with van der Waals surface area (Å²) in [5.74, 6) is -0.694. The number of amides is 1. The highest BCUT2D eigenvalue weighted by Crippen LogP contribution is 2.30. The van der Waals surface area contributed by atoms with Crippen molar-refractivity contribution in [2.45, 2.75) is 26.8 Å². The van der Waals surface area contributed by atoms with Gasteiger partial charge in [-0.3, -0.25) is 14.3 Å². The van der Waals surface area contributed by atoms with E-state index in [2.05, 4.69) is 5.10 Å². The number of ether oxygens (including phenoxy) is 1. The van der Waals surface area contributed by atoms with Gasteiger partial charge in [0, 0.05) is 13.1 Å². The maximum Gasteiger partial charge on any atom is 0.325 e. The monoisotopic (exact) mass is 386 g/mol. The molecule has 142 valence electrons. The fourth-order valence-corrected chi connectivity index (χ4v) is 3.70. The van der Waals surface area contributed by atoms with Gasteiger partial charge in [-0.2, -0.15) is 5.10 Å². The lowest BCUT2D eigenvalue weighted by molar-refractivity contribution is -0.141. The first-order valence-corrected chi connectivity index (χ1v) is 9.47. The molecule has 3 rings (SSSR count). The fraction of sp³-hybridized carbons (Fsp3) is 0.368. The summed E-state index contributed by atoms with van der Waals surface area (Å²) < 4.78 is 6.43. The number of methoxy groups -OCH3 is 1. The highest BCUT2D eigenvalue weighted by atomic mass is 32.1. The van der Waals surface area contributed by atoms with E-state index >= 15 is 0 Å². The highest BCUT2D eigenvalue weighted by Gasteiger charge is 2.26. The third-order valence-corrected chi connectivity index (χ3v) is 5.28. The van der Waals surface area contributed by atoms with E-state index in [0.29, 0.717) is 22.3 Å². The van der Waals surface area contributed by atoms with Crippen LogP contribution in [0.15, 0.2) is 23.6 Å². The average molecular weight is 386 g/mol. The zero-order chi connectivity index (χ0) is 19.7. The van der Waals surface area contributed by atoms with Crippen LogP contribution in [0.5, 0.6) is 0 Å². The third-order valence-electron chi connectivity index (χ3n) is 4.38. The number of hydrogen-bond acceptors (Lipinski definition) is 6. The van der Waals surface area contributed by atoms with E-state index in [-0.39, 0.29) is 18.5 Å². The molecule has 0 N–H and O–H groups in total. The van der Waals surface area contributed by atoms with Gasteiger partial charge in [0.25, 0.3) is 5.91 Å². The Bertz CT molecular complexity index is 992. The molecule has 0 radical (unpaired) electrons. The van der Waals surface area contributed by atoms with Crippen molar-refractivity contribution in [2.75, 3.05) is 13.7 Å². The summed E-state index contributed by atoms with van der Waals surface area (Å²) in [5, 5.41) is 7.11. The van der Waals surface area contributed by atoms with Crippen LogP contribution in [0.2, 0.25) is 0 Å². The zero-order valence-electron chi connectivity index (χ0n) is 16.0. The third kappa shape index (κ3) is 3.57. The Kier molecular flexibility index (Phi) is 5.27. The van der Waals surface area contributed by atoms with Crippen LogP contribution in [0.25, 0.3) is 21.6 Å². The number of aryl methyl sites for hydroxylation is 2. The van der Waals surface area contributed by atoms with Gasteiger partial charge in [0.05, 0.1) is 34.3 Å². The van der Waals surface area contributed by atoms with E-state index in [9.17, 15) is 9.59 Å². The minimum atomic E-state index is -0.455. The van der Waals surface area contributed by atoms with Gasteiger partial charge in [0.15, 0.2) is 5.65 Å². The first kappa shape index (κ1) is 19.0. The number of carbonyl (C=O) groups is 2. The number of hydrogen-bond donors (Lipinski definition) is 0. The molecule has 3 aromatic heterocycles. The molecule has 0 unspecified atom stereocenters. The number of thiophene rings is 1. The van der Waals surface area contributed by atoms with Crippen LogP contribution in [0, 0.1) is 6.92 Å². The number of aromatic nitrogens is 3. The predicted octanol–water partition coefficient (Wildman–Crippen LogP) is 3.03. The minimum Gasteiger partial charge on any atom is -0.468 e. The topological polar surface area (TPSA) is 77.3 Å². The predicted molar refractivity (Wildman–Crippen MR) is 105 cm³/mol. The molecule has 7 nitrogen and oxygen atoms in total. The van der Waals surface area contributed by atoms with Crippen LogP contribution in [0.4, 0.5) is 0 Å². The molecule has 0 bridgehead atoms. The first-order chi connectivity index (χ1) is 12.8. The van der Waals surface area contributed by atoms with Crippen molar-refractivity contribution in [2.24, 2.45) is 7.05 Å². The lowest BCUT2D eigenvalue weighted by atomic mass is 10.1. The second-order valence-corrected chi connectivity index (χ2v) is 7.49. The van der Waals surface area contributed by atoms with E-state index in [1.807, 2.05) is 45.3 Å². The maximum absolute atomic E-state index is 13.4. The lowest BCUT2D eigenvalue weighted by Gasteiger charge is -2.26. The van der Waals surface area contributed by atoms with Crippen LogP contribution >= 0.6 is 11.3 Å². The average Bonchev–Trinajstić information content (AvgIpc) is 3.27. The molecule has 0 spiro atoms. The summed E-state index contributed by atoms with van der Waals surface area (Å²) in [6.45, 7) is 5.49. The lowest BCUT2D eigenvalue weighted by Crippen LogP contribution is -2.41. The molecular weight excluding hydrogens is 364 g/mol. The van der Waals surface area contributed by atoms with E-state index < -0.39 is 5.97 Å². The second-order valence-electron chi connectivity index (χ2n) is 6.54. The SMILES string of the molecule is COC(=O)CN(C(=O)c1cc(-c2cccs2)nc2c1c(C)nn2C)C(C)C. The molecule has 0 aliphatic heterocycles. The summed E-state index contributed by atoms with van der Waals surface area (Å²) >= 11 is 1.56. The summed E-state index contributed by atoms with van der Waals surface area (Å²) in [5.41, 5.74) is 2.57. The van der Waals surface area contributed by atoms with Crippen molar-refractivity contribution in [1.82, 2.24) is 19.7 Å². The Balaban J connectivity index is 2.19. The number of pyridine rings is 1. The van der Waals surface area contributed by atoms with E-state index in [4.69, 9.17) is 9.72 Å². The van der Waals surface area contributed by atoms with Gasteiger partial charge in [0.1, 0.15) is 6.54 Å². The molecule has 8 heteroatoms. The van der Waals surface area contributed by atoms with E-state index in [1.165, 1.54) is 12.0 Å². The molecule has 3 aromatic rings. The first-order valence-electron chi connectivity index (χ1n) is 8.59. The van der Waals surface area contributed by atoms with Crippen LogP contribution in [-0.4, -0.2) is 51.2 Å². The molecule has 0 fully saturated rings. The summed E-state index contributed by atoms with van der Waals surface area (Å²) in [4.78, 5) is 32.4. The molecule has 3 heterocycles. The molecule has 0 aliphatic rings. The van der Waals surface area contributed by atoms with Gasteiger partial charge in [-0.15, -0.1) is 11.3 Å². The number of rotatable bonds is 5. The second kappa shape index (κ2) is 7.48. The fourth-order valence-electron chi connectivity index (χ4n) is 3.01. The summed E-state index contributed by atoms with van der Waals surface area (Å²) in [7, 11) is 3.12. The normalized spacial score (nSPS) is 11.2. The van der Waals surface area contributed by atoms with Crippen molar-refractivity contribution in [3.05, 3.63) is 34.8 Å². The Morgan fingerprint density at radius 3 is 2.70 bits per heavy atom. The van der Waals surface area contributed by atoms with Gasteiger partial charge in [-0.25, -0.2) is 4.98 Å². The maximum atomic E-state index is 13.4. The van der Waals surface area contributed by atoms with E-state index in [0.717, 1.165) is 10.6 Å². The van der Waals surface area contributed by atoms with Crippen LogP contribution in [0.1, 0.15) is 29.9 Å². The minimum absolute atomic E-state index is 0.107. The summed E-state index contributed by atoms with van der Waals surface area (Å²) in [6.07, 6.45) is 0. The van der Waals surface area contributed by atoms with Crippen molar-refractivity contribution >= 4 is 34.2 Å². The van der Waals surface area contributed by atoms with Crippen LogP contribution < -0.4 is 0 Å². The molecule has 0 atom stereocenters. The molecule has 0 aromatic carbocycles. The van der Waals surface area contributed by atoms with Crippen LogP contribution in [-0.2, 0) is 16.6 Å². The Morgan fingerprint density at radius 1 is 1.37 bits per heavy atom. The number of fused-ring (bicyclic) bond motifs is 1. The largest absolute Gasteiger partial charge is 0.468 e. The summed E-state index contributed by atoms with van der Waals surface area (Å²) in [6, 6.07) is 5.53. The molecule has 1 amide bonds. The van der Waals surface area contributed by atoms with Gasteiger partial charge >= 0.3 is 5.97 Å². The Hall–Kier alpha value is -2.74. The molecule has 0 saturated carbocycles. The van der Waals surface area contributed by atoms with E-state index in [1.54, 1.807) is 22.1 Å². The molecule has 0 aliphatic carbocycles. The quantitative estimate of drug-likeness (QED) is 0.630. The molecule has 27 heavy (non-hydrogen) atoms. The molecular formula is C19H22N4O3S. The smallest absolute Gasteiger partial charge is 0.325 e. The van der Waals surface area contributed by atoms with Gasteiger partial charge in [-0.1, -0.05) is 6.07 Å². The standard InChI is InChI=1S/C19H22N4O3S/c1-11(2)23(10-16(24)26-5)19(25)13-9-14(15-7-6-8-27-15)20-18-17(13)12(3)21-22(18)4/h6-9,11H,10H2,1-5H3. The van der Waals surface area contributed by atoms with Gasteiger partial charge < -0.3 is 9.64 Å². The van der Waals surface area contributed by atoms with Crippen LogP contribution in [0.3, 0.4) is 0 Å². The van der Waals surface area contributed by atoms with Crippen molar-refractivity contribution < 1.29 is 14.3 Å². The Labute approximate surface area is 161 Å².